The van der Waals surface area contributed by atoms with E-state index in [9.17, 15) is 9.59 Å². The smallest absolute Gasteiger partial charge is 0.317 e. The summed E-state index contributed by atoms with van der Waals surface area (Å²) in [7, 11) is 0. The molecule has 0 spiro atoms. The van der Waals surface area contributed by atoms with Crippen LogP contribution in [0.3, 0.4) is 0 Å². The van der Waals surface area contributed by atoms with Gasteiger partial charge in [0.2, 0.25) is 0 Å². The number of hydrogen-bond donors (Lipinski definition) is 2. The van der Waals surface area contributed by atoms with Crippen molar-refractivity contribution in [3.63, 3.8) is 0 Å². The largest absolute Gasteiger partial charge is 0.481 e. The van der Waals surface area contributed by atoms with E-state index in [1.54, 1.807) is 4.90 Å². The molecule has 0 aromatic rings. The van der Waals surface area contributed by atoms with Crippen LogP contribution < -0.4 is 5.32 Å². The second kappa shape index (κ2) is 6.49. The van der Waals surface area contributed by atoms with Gasteiger partial charge in [0.1, 0.15) is 0 Å². The first kappa shape index (κ1) is 13.8. The quantitative estimate of drug-likeness (QED) is 0.789. The monoisotopic (exact) mass is 260 g/mol. The van der Waals surface area contributed by atoms with Gasteiger partial charge in [-0.05, 0) is 18.8 Å². The molecule has 1 unspecified atom stereocenters. The van der Waals surface area contributed by atoms with Gasteiger partial charge in [0.05, 0.1) is 6.54 Å². The van der Waals surface area contributed by atoms with Crippen molar-refractivity contribution in [2.75, 3.05) is 19.6 Å². The van der Waals surface area contributed by atoms with Crippen LogP contribution in [0.15, 0.2) is 11.6 Å². The van der Waals surface area contributed by atoms with Gasteiger partial charge in [0, 0.05) is 24.5 Å². The minimum absolute atomic E-state index is 0.162. The van der Waals surface area contributed by atoms with Crippen molar-refractivity contribution in [2.45, 2.75) is 19.3 Å². The topological polar surface area (TPSA) is 69.6 Å². The molecule has 96 valence electrons. The first-order chi connectivity index (χ1) is 7.99. The van der Waals surface area contributed by atoms with E-state index in [4.69, 9.17) is 16.7 Å². The van der Waals surface area contributed by atoms with E-state index in [1.165, 1.54) is 0 Å². The molecule has 0 aromatic carbocycles. The Morgan fingerprint density at radius 1 is 1.53 bits per heavy atom. The first-order valence-corrected chi connectivity index (χ1v) is 5.94. The zero-order valence-electron chi connectivity index (χ0n) is 9.62. The van der Waals surface area contributed by atoms with Crippen molar-refractivity contribution in [3.05, 3.63) is 11.6 Å². The third-order valence-corrected chi connectivity index (χ3v) is 2.90. The van der Waals surface area contributed by atoms with E-state index in [0.29, 0.717) is 24.5 Å². The molecule has 5 nitrogen and oxygen atoms in total. The Morgan fingerprint density at radius 2 is 2.24 bits per heavy atom. The van der Waals surface area contributed by atoms with Crippen LogP contribution in [0.4, 0.5) is 4.79 Å². The molecule has 0 aromatic heterocycles. The minimum atomic E-state index is -0.786. The Kier molecular flexibility index (Phi) is 5.28. The van der Waals surface area contributed by atoms with Crippen molar-refractivity contribution in [3.8, 4) is 0 Å². The summed E-state index contributed by atoms with van der Waals surface area (Å²) in [6.07, 6.45) is 1.66. The van der Waals surface area contributed by atoms with Crippen molar-refractivity contribution in [1.82, 2.24) is 10.2 Å². The lowest BCUT2D eigenvalue weighted by molar-refractivity contribution is -0.137. The number of hydrogen-bond acceptors (Lipinski definition) is 2. The number of amides is 2. The SMILES string of the molecule is C=C(Cl)CNC(=O)N1CCC(CCC(=O)O)C1. The number of halogens is 1. The summed E-state index contributed by atoms with van der Waals surface area (Å²) in [6, 6.07) is -0.162. The number of nitrogens with one attached hydrogen (secondary N) is 1. The number of nitrogens with zero attached hydrogens (tertiary/aromatic N) is 1. The van der Waals surface area contributed by atoms with Crippen molar-refractivity contribution >= 4 is 23.6 Å². The zero-order valence-corrected chi connectivity index (χ0v) is 10.4. The Morgan fingerprint density at radius 3 is 2.82 bits per heavy atom. The fraction of sp³-hybridized carbons (Fsp3) is 0.636. The number of likely N-dealkylation sites (tertiary alicyclic amines) is 1. The lowest BCUT2D eigenvalue weighted by atomic mass is 10.0. The first-order valence-electron chi connectivity index (χ1n) is 5.57. The van der Waals surface area contributed by atoms with Crippen molar-refractivity contribution in [2.24, 2.45) is 5.92 Å². The average molecular weight is 261 g/mol. The number of carboxylic acid groups (broad SMARTS) is 1. The second-order valence-electron chi connectivity index (χ2n) is 4.21. The van der Waals surface area contributed by atoms with E-state index in [-0.39, 0.29) is 24.9 Å². The van der Waals surface area contributed by atoms with Gasteiger partial charge < -0.3 is 15.3 Å². The summed E-state index contributed by atoms with van der Waals surface area (Å²) in [5, 5.41) is 11.6. The Balaban J connectivity index is 2.26. The van der Waals surface area contributed by atoms with E-state index in [0.717, 1.165) is 6.42 Å². The highest BCUT2D eigenvalue weighted by Crippen LogP contribution is 2.20. The van der Waals surface area contributed by atoms with Crippen LogP contribution in [0.1, 0.15) is 19.3 Å². The summed E-state index contributed by atoms with van der Waals surface area (Å²) in [6.45, 7) is 5.04. The van der Waals surface area contributed by atoms with E-state index in [1.807, 2.05) is 0 Å². The van der Waals surface area contributed by atoms with Gasteiger partial charge >= 0.3 is 12.0 Å². The molecule has 1 aliphatic rings. The standard InChI is InChI=1S/C11H17ClN2O3/c1-8(12)6-13-11(17)14-5-4-9(7-14)2-3-10(15)16/h9H,1-7H2,(H,13,17)(H,15,16). The van der Waals surface area contributed by atoms with Crippen LogP contribution in [0, 0.1) is 5.92 Å². The van der Waals surface area contributed by atoms with Gasteiger partial charge in [-0.25, -0.2) is 4.79 Å². The second-order valence-corrected chi connectivity index (χ2v) is 4.74. The van der Waals surface area contributed by atoms with Gasteiger partial charge in [-0.1, -0.05) is 18.2 Å². The fourth-order valence-corrected chi connectivity index (χ4v) is 1.93. The van der Waals surface area contributed by atoms with Gasteiger partial charge in [0.25, 0.3) is 0 Å². The number of rotatable bonds is 5. The molecule has 1 rings (SSSR count). The highest BCUT2D eigenvalue weighted by Gasteiger charge is 2.26. The molecule has 0 aliphatic carbocycles. The maximum absolute atomic E-state index is 11.6. The lowest BCUT2D eigenvalue weighted by Crippen LogP contribution is -2.38. The Labute approximate surface area is 105 Å². The molecule has 0 saturated carbocycles. The average Bonchev–Trinajstić information content (AvgIpc) is 2.71. The molecular formula is C11H17ClN2O3. The summed E-state index contributed by atoms with van der Waals surface area (Å²) in [5.41, 5.74) is 0. The summed E-state index contributed by atoms with van der Waals surface area (Å²) >= 11 is 5.55. The molecule has 0 radical (unpaired) electrons. The molecule has 1 saturated heterocycles. The van der Waals surface area contributed by atoms with E-state index in [2.05, 4.69) is 11.9 Å². The number of urea groups is 1. The van der Waals surface area contributed by atoms with Crippen molar-refractivity contribution < 1.29 is 14.7 Å². The highest BCUT2D eigenvalue weighted by molar-refractivity contribution is 6.29. The molecule has 0 bridgehead atoms. The summed E-state index contributed by atoms with van der Waals surface area (Å²) in [5.74, 6) is -0.498. The molecule has 1 heterocycles. The number of carboxylic acids is 1. The number of carbonyl (C=O) groups excluding carboxylic acids is 1. The van der Waals surface area contributed by atoms with Gasteiger partial charge in [0.15, 0.2) is 0 Å². The van der Waals surface area contributed by atoms with Crippen LogP contribution in [0.5, 0.6) is 0 Å². The minimum Gasteiger partial charge on any atom is -0.481 e. The molecule has 6 heteroatoms. The zero-order chi connectivity index (χ0) is 12.8. The van der Waals surface area contributed by atoms with Crippen molar-refractivity contribution in [1.29, 1.82) is 0 Å². The van der Waals surface area contributed by atoms with E-state index < -0.39 is 5.97 Å². The fourth-order valence-electron chi connectivity index (χ4n) is 1.86. The third kappa shape index (κ3) is 5.08. The normalized spacial score (nSPS) is 19.1. The molecule has 1 atom stereocenters. The van der Waals surface area contributed by atoms with Crippen LogP contribution in [-0.4, -0.2) is 41.6 Å². The highest BCUT2D eigenvalue weighted by atomic mass is 35.5. The molecule has 2 amide bonds. The van der Waals surface area contributed by atoms with Crippen LogP contribution >= 0.6 is 11.6 Å². The summed E-state index contributed by atoms with van der Waals surface area (Å²) in [4.78, 5) is 23.8. The number of aliphatic carboxylic acids is 1. The molecule has 1 aliphatic heterocycles. The molecule has 1 fully saturated rings. The van der Waals surface area contributed by atoms with Crippen LogP contribution in [0.25, 0.3) is 0 Å². The third-order valence-electron chi connectivity index (χ3n) is 2.77. The molecular weight excluding hydrogens is 244 g/mol. The van der Waals surface area contributed by atoms with E-state index >= 15 is 0 Å². The molecule has 2 N–H and O–H groups in total. The maximum Gasteiger partial charge on any atom is 0.317 e. The van der Waals surface area contributed by atoms with Gasteiger partial charge in [-0.2, -0.15) is 0 Å². The number of carbonyl (C=O) groups is 2. The van der Waals surface area contributed by atoms with Crippen LogP contribution in [0.2, 0.25) is 0 Å². The lowest BCUT2D eigenvalue weighted by Gasteiger charge is -2.17. The summed E-state index contributed by atoms with van der Waals surface area (Å²) < 4.78 is 0. The van der Waals surface area contributed by atoms with Gasteiger partial charge in [-0.3, -0.25) is 4.79 Å². The predicted octanol–water partition coefficient (Wildman–Crippen LogP) is 1.64. The Bertz CT molecular complexity index is 320. The van der Waals surface area contributed by atoms with Gasteiger partial charge in [-0.15, -0.1) is 0 Å². The predicted molar refractivity (Wildman–Crippen MR) is 64.9 cm³/mol. The Hall–Kier alpha value is -1.23. The van der Waals surface area contributed by atoms with Crippen LogP contribution in [-0.2, 0) is 4.79 Å². The molecule has 17 heavy (non-hydrogen) atoms. The maximum atomic E-state index is 11.6.